The second-order valence-corrected chi connectivity index (χ2v) is 6.19. The molecule has 0 unspecified atom stereocenters. The number of carbonyl (C=O) groups is 2. The van der Waals surface area contributed by atoms with Crippen LogP contribution in [0.15, 0.2) is 24.3 Å². The van der Waals surface area contributed by atoms with Crippen LogP contribution in [0.2, 0.25) is 0 Å². The molecule has 0 aliphatic carbocycles. The number of benzene rings is 1. The predicted molar refractivity (Wildman–Crippen MR) is 109 cm³/mol. The molecule has 1 rings (SSSR count). The first-order valence-electron chi connectivity index (χ1n) is 8.27. The van der Waals surface area contributed by atoms with Crippen molar-refractivity contribution in [3.05, 3.63) is 35.4 Å². The van der Waals surface area contributed by atoms with Gasteiger partial charge in [-0.3, -0.25) is 9.59 Å². The fourth-order valence-corrected chi connectivity index (χ4v) is 2.33. The number of nitrogens with two attached hydrogens (primary N) is 1. The van der Waals surface area contributed by atoms with Gasteiger partial charge in [-0.1, -0.05) is 42.5 Å². The van der Waals surface area contributed by atoms with E-state index in [9.17, 15) is 4.79 Å². The Bertz CT molecular complexity index is 540. The second-order valence-electron chi connectivity index (χ2n) is 5.40. The summed E-state index contributed by atoms with van der Waals surface area (Å²) in [6.07, 6.45) is 1.78. The van der Waals surface area contributed by atoms with Crippen molar-refractivity contribution in [3.8, 4) is 0 Å². The molecule has 0 aromatic heterocycles. The maximum absolute atomic E-state index is 11.8. The highest BCUT2D eigenvalue weighted by Gasteiger charge is 2.08. The lowest BCUT2D eigenvalue weighted by Crippen LogP contribution is -2.31. The Balaban J connectivity index is 0.00000129. The van der Waals surface area contributed by atoms with E-state index < -0.39 is 5.24 Å². The van der Waals surface area contributed by atoms with Gasteiger partial charge in [0.2, 0.25) is 0 Å². The summed E-state index contributed by atoms with van der Waals surface area (Å²) in [4.78, 5) is 22.9. The van der Waals surface area contributed by atoms with E-state index in [0.717, 1.165) is 19.5 Å². The Hall–Kier alpha value is -1.60. The van der Waals surface area contributed by atoms with E-state index in [4.69, 9.17) is 21.7 Å². The number of thiol groups is 1. The number of hydrogen-bond acceptors (Lipinski definition) is 4. The van der Waals surface area contributed by atoms with Gasteiger partial charge >= 0.3 is 0 Å². The third-order valence-corrected chi connectivity index (χ3v) is 3.82. The van der Waals surface area contributed by atoms with Crippen molar-refractivity contribution in [2.24, 2.45) is 5.73 Å². The third-order valence-electron chi connectivity index (χ3n) is 3.44. The van der Waals surface area contributed by atoms with E-state index >= 15 is 0 Å². The molecule has 0 fully saturated rings. The highest BCUT2D eigenvalue weighted by atomic mass is 32.1. The molecule has 2 N–H and O–H groups in total. The largest absolute Gasteiger partial charge is 0.470 e. The minimum Gasteiger partial charge on any atom is -0.470 e. The first kappa shape index (κ1) is 23.4. The zero-order valence-electron chi connectivity index (χ0n) is 15.2. The molecule has 0 aliphatic heterocycles. The van der Waals surface area contributed by atoms with Crippen LogP contribution in [0.3, 0.4) is 0 Å². The lowest BCUT2D eigenvalue weighted by atomic mass is 10.1. The number of carbonyl (C=O) groups excluding carboxylic acids is 2. The Morgan fingerprint density at radius 1 is 1.16 bits per heavy atom. The number of amides is 1. The van der Waals surface area contributed by atoms with Gasteiger partial charge in [0, 0.05) is 25.9 Å². The van der Waals surface area contributed by atoms with Gasteiger partial charge < -0.3 is 15.4 Å². The Kier molecular flexibility index (Phi) is 12.8. The van der Waals surface area contributed by atoms with Crippen LogP contribution in [0.1, 0.15) is 37.8 Å². The molecule has 0 radical (unpaired) electrons. The molecule has 0 saturated carbocycles. The fourth-order valence-electron chi connectivity index (χ4n) is 1.99. The quantitative estimate of drug-likeness (QED) is 0.530. The van der Waals surface area contributed by atoms with Gasteiger partial charge in [-0.15, -0.1) is 0 Å². The van der Waals surface area contributed by atoms with Gasteiger partial charge in [-0.05, 0) is 45.0 Å². The smallest absolute Gasteiger partial charge is 0.273 e. The lowest BCUT2D eigenvalue weighted by Gasteiger charge is -2.21. The van der Waals surface area contributed by atoms with E-state index in [0.29, 0.717) is 24.6 Å². The van der Waals surface area contributed by atoms with Gasteiger partial charge in [0.1, 0.15) is 5.78 Å². The molecule has 5 nitrogen and oxygen atoms in total. The summed E-state index contributed by atoms with van der Waals surface area (Å²) >= 11 is 8.28. The summed E-state index contributed by atoms with van der Waals surface area (Å²) < 4.78 is 5.46. The standard InChI is InChI=1S/C17H25NO2S.CH3NOS/c1-4-18(5-2)17(21)20-13-12-16(19)11-10-15-8-6-14(3)7-9-15;2-1(3)4/h6-9H,4-5,10-13H2,1-3H3;(H3,2,3,4). The van der Waals surface area contributed by atoms with Crippen LogP contribution in [0.25, 0.3) is 0 Å². The minimum absolute atomic E-state index is 0.220. The number of ketones is 1. The normalized spacial score (nSPS) is 9.60. The summed E-state index contributed by atoms with van der Waals surface area (Å²) in [5.41, 5.74) is 6.78. The average Bonchev–Trinajstić information content (AvgIpc) is 2.55. The van der Waals surface area contributed by atoms with Crippen molar-refractivity contribution >= 4 is 41.0 Å². The number of Topliss-reactive ketones (excluding diaryl/α,β-unsaturated/α-hetero) is 1. The number of hydrogen-bond donors (Lipinski definition) is 2. The molecule has 0 bridgehead atoms. The average molecular weight is 385 g/mol. The van der Waals surface area contributed by atoms with Crippen LogP contribution in [-0.4, -0.2) is 40.8 Å². The van der Waals surface area contributed by atoms with Crippen molar-refractivity contribution in [2.75, 3.05) is 19.7 Å². The second kappa shape index (κ2) is 13.7. The van der Waals surface area contributed by atoms with Crippen LogP contribution in [0.5, 0.6) is 0 Å². The summed E-state index contributed by atoms with van der Waals surface area (Å²) in [7, 11) is 0. The Morgan fingerprint density at radius 2 is 1.68 bits per heavy atom. The first-order chi connectivity index (χ1) is 11.8. The number of nitrogens with zero attached hydrogens (tertiary/aromatic N) is 1. The predicted octanol–water partition coefficient (Wildman–Crippen LogP) is 3.53. The molecule has 0 saturated heterocycles. The number of thiocarbonyl (C=S) groups is 1. The van der Waals surface area contributed by atoms with Crippen LogP contribution in [0, 0.1) is 6.92 Å². The summed E-state index contributed by atoms with van der Waals surface area (Å²) in [6, 6.07) is 8.31. The third kappa shape index (κ3) is 12.4. The van der Waals surface area contributed by atoms with Gasteiger partial charge in [0.05, 0.1) is 6.61 Å². The fraction of sp³-hybridized carbons (Fsp3) is 0.500. The molecule has 25 heavy (non-hydrogen) atoms. The molecule has 0 aliphatic rings. The molecule has 0 heterocycles. The van der Waals surface area contributed by atoms with E-state index in [1.807, 2.05) is 18.7 Å². The zero-order chi connectivity index (χ0) is 19.2. The number of rotatable bonds is 8. The van der Waals surface area contributed by atoms with Crippen molar-refractivity contribution in [2.45, 2.75) is 40.0 Å². The van der Waals surface area contributed by atoms with Crippen LogP contribution >= 0.6 is 24.8 Å². The van der Waals surface area contributed by atoms with Gasteiger partial charge in [-0.2, -0.15) is 0 Å². The monoisotopic (exact) mass is 384 g/mol. The molecule has 0 atom stereocenters. The summed E-state index contributed by atoms with van der Waals surface area (Å²) in [5.74, 6) is 0.220. The summed E-state index contributed by atoms with van der Waals surface area (Å²) in [5, 5.41) is -0.147. The van der Waals surface area contributed by atoms with Crippen molar-refractivity contribution in [1.82, 2.24) is 4.90 Å². The SMILES string of the molecule is CCN(CC)C(=S)OCCC(=O)CCc1ccc(C)cc1.NC(=O)S. The van der Waals surface area contributed by atoms with Gasteiger partial charge in [0.25, 0.3) is 10.4 Å². The molecular formula is C18H28N2O3S2. The molecule has 140 valence electrons. The highest BCUT2D eigenvalue weighted by molar-refractivity contribution is 7.96. The van der Waals surface area contributed by atoms with Crippen molar-refractivity contribution in [1.29, 1.82) is 0 Å². The maximum Gasteiger partial charge on any atom is 0.273 e. The van der Waals surface area contributed by atoms with E-state index in [-0.39, 0.29) is 5.78 Å². The zero-order valence-corrected chi connectivity index (χ0v) is 16.9. The number of ether oxygens (including phenoxy) is 1. The molecule has 1 amide bonds. The first-order valence-corrected chi connectivity index (χ1v) is 9.13. The van der Waals surface area contributed by atoms with E-state index in [2.05, 4.69) is 49.6 Å². The Morgan fingerprint density at radius 3 is 2.16 bits per heavy atom. The van der Waals surface area contributed by atoms with Crippen LogP contribution in [0.4, 0.5) is 4.79 Å². The van der Waals surface area contributed by atoms with Crippen LogP contribution < -0.4 is 5.73 Å². The van der Waals surface area contributed by atoms with E-state index in [1.54, 1.807) is 0 Å². The molecule has 1 aromatic carbocycles. The molecule has 7 heteroatoms. The minimum atomic E-state index is -0.639. The molecular weight excluding hydrogens is 356 g/mol. The summed E-state index contributed by atoms with van der Waals surface area (Å²) in [6.45, 7) is 8.16. The van der Waals surface area contributed by atoms with Crippen LogP contribution in [-0.2, 0) is 16.0 Å². The number of aryl methyl sites for hydroxylation is 2. The topological polar surface area (TPSA) is 72.6 Å². The highest BCUT2D eigenvalue weighted by Crippen LogP contribution is 2.07. The molecule has 0 spiro atoms. The maximum atomic E-state index is 11.8. The van der Waals surface area contributed by atoms with Gasteiger partial charge in [0.15, 0.2) is 0 Å². The van der Waals surface area contributed by atoms with Crippen molar-refractivity contribution < 1.29 is 14.3 Å². The van der Waals surface area contributed by atoms with Gasteiger partial charge in [-0.25, -0.2) is 0 Å². The number of primary amides is 1. The molecule has 1 aromatic rings. The Labute approximate surface area is 161 Å². The lowest BCUT2D eigenvalue weighted by molar-refractivity contribution is -0.119. The van der Waals surface area contributed by atoms with Crippen molar-refractivity contribution in [3.63, 3.8) is 0 Å². The van der Waals surface area contributed by atoms with E-state index in [1.165, 1.54) is 11.1 Å².